The summed E-state index contributed by atoms with van der Waals surface area (Å²) in [7, 11) is 0. The molecule has 6 nitrogen and oxygen atoms in total. The zero-order valence-corrected chi connectivity index (χ0v) is 16.5. The van der Waals surface area contributed by atoms with E-state index >= 15 is 0 Å². The van der Waals surface area contributed by atoms with Crippen LogP contribution < -0.4 is 14.8 Å². The Labute approximate surface area is 171 Å². The van der Waals surface area contributed by atoms with E-state index in [0.29, 0.717) is 29.4 Å². The van der Waals surface area contributed by atoms with Crippen molar-refractivity contribution in [1.82, 2.24) is 10.3 Å². The summed E-state index contributed by atoms with van der Waals surface area (Å²) in [5, 5.41) is 6.75. The number of nitrogens with zero attached hydrogens (tertiary/aromatic N) is 1. The predicted octanol–water partition coefficient (Wildman–Crippen LogP) is 4.45. The van der Waals surface area contributed by atoms with Crippen molar-refractivity contribution in [1.29, 1.82) is 0 Å². The van der Waals surface area contributed by atoms with E-state index < -0.39 is 0 Å². The quantitative estimate of drug-likeness (QED) is 0.530. The molecule has 0 saturated carbocycles. The zero-order valence-electron chi connectivity index (χ0n) is 15.7. The van der Waals surface area contributed by atoms with Gasteiger partial charge in [-0.2, -0.15) is 0 Å². The number of fused-ring (bicyclic) bond motifs is 2. The van der Waals surface area contributed by atoms with Gasteiger partial charge in [0.05, 0.1) is 23.7 Å². The van der Waals surface area contributed by atoms with E-state index in [2.05, 4.69) is 10.3 Å². The van der Waals surface area contributed by atoms with Gasteiger partial charge in [-0.05, 0) is 13.0 Å². The van der Waals surface area contributed by atoms with Crippen LogP contribution in [-0.4, -0.2) is 17.7 Å². The molecule has 3 heterocycles. The molecular formula is C22H18N2O4S. The average Bonchev–Trinajstić information content (AvgIpc) is 3.44. The van der Waals surface area contributed by atoms with E-state index in [9.17, 15) is 4.79 Å². The number of rotatable bonds is 5. The molecule has 4 aromatic rings. The van der Waals surface area contributed by atoms with Crippen LogP contribution >= 0.6 is 11.3 Å². The molecule has 0 saturated heterocycles. The van der Waals surface area contributed by atoms with Gasteiger partial charge in [0, 0.05) is 28.0 Å². The van der Waals surface area contributed by atoms with Crippen LogP contribution in [0, 0.1) is 6.92 Å². The van der Waals surface area contributed by atoms with E-state index in [0.717, 1.165) is 27.2 Å². The van der Waals surface area contributed by atoms with Crippen molar-refractivity contribution in [2.24, 2.45) is 0 Å². The molecule has 0 bridgehead atoms. The first-order valence-electron chi connectivity index (χ1n) is 9.25. The van der Waals surface area contributed by atoms with Crippen LogP contribution in [-0.2, 0) is 17.8 Å². The van der Waals surface area contributed by atoms with Crippen LogP contribution in [0.2, 0.25) is 0 Å². The Morgan fingerprint density at radius 1 is 1.17 bits per heavy atom. The smallest absolute Gasteiger partial charge is 0.231 e. The first-order chi connectivity index (χ1) is 14.2. The number of aryl methyl sites for hydroxylation is 1. The van der Waals surface area contributed by atoms with E-state index in [4.69, 9.17) is 13.9 Å². The number of hydrogen-bond acceptors (Lipinski definition) is 6. The highest BCUT2D eigenvalue weighted by molar-refractivity contribution is 7.09. The van der Waals surface area contributed by atoms with Gasteiger partial charge >= 0.3 is 0 Å². The molecule has 0 radical (unpaired) electrons. The SMILES string of the molecule is Cc1nc(CNC(=O)Cc2c(-c3ccccc3)oc3cc4c(cc23)OCO4)cs1. The third-order valence-electron chi connectivity index (χ3n) is 4.79. The Morgan fingerprint density at radius 3 is 2.72 bits per heavy atom. The topological polar surface area (TPSA) is 73.6 Å². The lowest BCUT2D eigenvalue weighted by Crippen LogP contribution is -2.24. The molecular weight excluding hydrogens is 388 g/mol. The third-order valence-corrected chi connectivity index (χ3v) is 5.61. The summed E-state index contributed by atoms with van der Waals surface area (Å²) in [6, 6.07) is 13.5. The number of thiazole rings is 1. The minimum absolute atomic E-state index is 0.0896. The van der Waals surface area contributed by atoms with Crippen molar-refractivity contribution in [2.45, 2.75) is 19.9 Å². The predicted molar refractivity (Wildman–Crippen MR) is 110 cm³/mol. The second-order valence-corrected chi connectivity index (χ2v) is 7.85. The minimum Gasteiger partial charge on any atom is -0.456 e. The first-order valence-corrected chi connectivity index (χ1v) is 10.1. The fraction of sp³-hybridized carbons (Fsp3) is 0.182. The van der Waals surface area contributed by atoms with Gasteiger partial charge in [-0.25, -0.2) is 4.98 Å². The summed E-state index contributed by atoms with van der Waals surface area (Å²) in [5.74, 6) is 1.91. The number of amides is 1. The summed E-state index contributed by atoms with van der Waals surface area (Å²) >= 11 is 1.57. The molecule has 0 atom stereocenters. The van der Waals surface area contributed by atoms with Crippen LogP contribution in [0.15, 0.2) is 52.3 Å². The summed E-state index contributed by atoms with van der Waals surface area (Å²) in [5.41, 5.74) is 3.29. The highest BCUT2D eigenvalue weighted by Gasteiger charge is 2.23. The molecule has 0 spiro atoms. The molecule has 1 aliphatic rings. The Bertz CT molecular complexity index is 1200. The number of aromatic nitrogens is 1. The summed E-state index contributed by atoms with van der Waals surface area (Å²) < 4.78 is 17.1. The summed E-state index contributed by atoms with van der Waals surface area (Å²) in [6.45, 7) is 2.55. The maximum absolute atomic E-state index is 12.7. The highest BCUT2D eigenvalue weighted by Crippen LogP contribution is 2.41. The van der Waals surface area contributed by atoms with E-state index in [1.807, 2.05) is 54.8 Å². The van der Waals surface area contributed by atoms with Gasteiger partial charge in [0.15, 0.2) is 11.5 Å². The normalized spacial score (nSPS) is 12.4. The second kappa shape index (κ2) is 7.25. The van der Waals surface area contributed by atoms with Crippen LogP contribution in [0.3, 0.4) is 0 Å². The molecule has 0 fully saturated rings. The fourth-order valence-corrected chi connectivity index (χ4v) is 4.05. The Balaban J connectivity index is 1.49. The number of carbonyl (C=O) groups excluding carboxylic acids is 1. The molecule has 1 N–H and O–H groups in total. The molecule has 2 aromatic heterocycles. The number of furan rings is 1. The first kappa shape index (κ1) is 17.8. The molecule has 5 rings (SSSR count). The van der Waals surface area contributed by atoms with Crippen molar-refractivity contribution >= 4 is 28.2 Å². The van der Waals surface area contributed by atoms with Gasteiger partial charge in [-0.15, -0.1) is 11.3 Å². The second-order valence-electron chi connectivity index (χ2n) is 6.79. The lowest BCUT2D eigenvalue weighted by atomic mass is 10.0. The largest absolute Gasteiger partial charge is 0.456 e. The number of benzene rings is 2. The van der Waals surface area contributed by atoms with Crippen LogP contribution in [0.25, 0.3) is 22.3 Å². The van der Waals surface area contributed by atoms with Gasteiger partial charge in [-0.1, -0.05) is 30.3 Å². The Kier molecular flexibility index (Phi) is 4.44. The summed E-state index contributed by atoms with van der Waals surface area (Å²) in [6.07, 6.45) is 0.194. The molecule has 1 aliphatic heterocycles. The maximum atomic E-state index is 12.7. The van der Waals surface area contributed by atoms with Gasteiger partial charge in [-0.3, -0.25) is 4.79 Å². The molecule has 7 heteroatoms. The van der Waals surface area contributed by atoms with Crippen molar-refractivity contribution in [2.75, 3.05) is 6.79 Å². The molecule has 2 aromatic carbocycles. The van der Waals surface area contributed by atoms with Gasteiger partial charge < -0.3 is 19.2 Å². The minimum atomic E-state index is -0.0896. The van der Waals surface area contributed by atoms with E-state index in [-0.39, 0.29) is 19.1 Å². The number of hydrogen-bond donors (Lipinski definition) is 1. The van der Waals surface area contributed by atoms with Crippen molar-refractivity contribution in [3.8, 4) is 22.8 Å². The third kappa shape index (κ3) is 3.45. The molecule has 0 unspecified atom stereocenters. The van der Waals surface area contributed by atoms with Crippen molar-refractivity contribution in [3.63, 3.8) is 0 Å². The number of carbonyl (C=O) groups is 1. The van der Waals surface area contributed by atoms with Crippen LogP contribution in [0.1, 0.15) is 16.3 Å². The number of ether oxygens (including phenoxy) is 2. The van der Waals surface area contributed by atoms with Gasteiger partial charge in [0.2, 0.25) is 12.7 Å². The van der Waals surface area contributed by atoms with Crippen molar-refractivity contribution in [3.05, 3.63) is 64.1 Å². The molecule has 0 aliphatic carbocycles. The molecule has 1 amide bonds. The van der Waals surface area contributed by atoms with Crippen molar-refractivity contribution < 1.29 is 18.7 Å². The van der Waals surface area contributed by atoms with Gasteiger partial charge in [0.1, 0.15) is 11.3 Å². The van der Waals surface area contributed by atoms with E-state index in [1.54, 1.807) is 11.3 Å². The standard InChI is InChI=1S/C22H18N2O4S/c1-13-24-15(11-29-13)10-23-21(25)8-17-16-7-19-20(27-12-26-19)9-18(16)28-22(17)14-5-3-2-4-6-14/h2-7,9,11H,8,10,12H2,1H3,(H,23,25). The highest BCUT2D eigenvalue weighted by atomic mass is 32.1. The molecule has 146 valence electrons. The Morgan fingerprint density at radius 2 is 1.97 bits per heavy atom. The van der Waals surface area contributed by atoms with E-state index in [1.165, 1.54) is 0 Å². The average molecular weight is 406 g/mol. The number of nitrogens with one attached hydrogen (secondary N) is 1. The lowest BCUT2D eigenvalue weighted by Gasteiger charge is -2.05. The maximum Gasteiger partial charge on any atom is 0.231 e. The van der Waals surface area contributed by atoms with Crippen LogP contribution in [0.5, 0.6) is 11.5 Å². The summed E-state index contributed by atoms with van der Waals surface area (Å²) in [4.78, 5) is 17.1. The zero-order chi connectivity index (χ0) is 19.8. The Hall–Kier alpha value is -3.32. The van der Waals surface area contributed by atoms with Crippen LogP contribution in [0.4, 0.5) is 0 Å². The molecule has 29 heavy (non-hydrogen) atoms. The monoisotopic (exact) mass is 406 g/mol. The lowest BCUT2D eigenvalue weighted by molar-refractivity contribution is -0.120. The van der Waals surface area contributed by atoms with Gasteiger partial charge in [0.25, 0.3) is 0 Å². The fourth-order valence-electron chi connectivity index (χ4n) is 3.44.